The van der Waals surface area contributed by atoms with E-state index in [0.29, 0.717) is 5.75 Å². The van der Waals surface area contributed by atoms with Gasteiger partial charge in [0.1, 0.15) is 5.75 Å². The van der Waals surface area contributed by atoms with E-state index in [0.717, 1.165) is 26.1 Å². The molecule has 0 aliphatic rings. The molecule has 86 valence electrons. The predicted molar refractivity (Wildman–Crippen MR) is 68.6 cm³/mol. The van der Waals surface area contributed by atoms with Gasteiger partial charge in [-0.1, -0.05) is 24.3 Å². The maximum Gasteiger partial charge on any atom is 0.115 e. The molecular formula is C14H19NO. The summed E-state index contributed by atoms with van der Waals surface area (Å²) in [5, 5.41) is 9.17. The number of phenols is 1. The van der Waals surface area contributed by atoms with Gasteiger partial charge in [0.05, 0.1) is 0 Å². The summed E-state index contributed by atoms with van der Waals surface area (Å²) in [7, 11) is 0. The first-order valence-corrected chi connectivity index (χ1v) is 5.48. The van der Waals surface area contributed by atoms with Gasteiger partial charge in [0.2, 0.25) is 0 Å². The second kappa shape index (κ2) is 6.85. The summed E-state index contributed by atoms with van der Waals surface area (Å²) in [6, 6.07) is 7.35. The zero-order chi connectivity index (χ0) is 11.8. The molecule has 16 heavy (non-hydrogen) atoms. The van der Waals surface area contributed by atoms with Gasteiger partial charge in [-0.25, -0.2) is 0 Å². The molecule has 2 nitrogen and oxygen atoms in total. The van der Waals surface area contributed by atoms with Crippen LogP contribution in [0.4, 0.5) is 0 Å². The van der Waals surface area contributed by atoms with Gasteiger partial charge in [0.15, 0.2) is 0 Å². The third-order valence-electron chi connectivity index (χ3n) is 2.43. The topological polar surface area (TPSA) is 23.5 Å². The van der Waals surface area contributed by atoms with Gasteiger partial charge in [-0.2, -0.15) is 0 Å². The van der Waals surface area contributed by atoms with Gasteiger partial charge in [0, 0.05) is 19.6 Å². The third kappa shape index (κ3) is 4.32. The Morgan fingerprint density at radius 1 is 1.06 bits per heavy atom. The van der Waals surface area contributed by atoms with Crippen LogP contribution in [-0.2, 0) is 6.42 Å². The minimum atomic E-state index is 0.317. The van der Waals surface area contributed by atoms with Crippen molar-refractivity contribution in [2.75, 3.05) is 19.6 Å². The summed E-state index contributed by atoms with van der Waals surface area (Å²) in [5.41, 5.74) is 1.23. The maximum absolute atomic E-state index is 9.17. The SMILES string of the molecule is C=CCN(CC=C)CCc1ccc(O)cc1. The number of rotatable bonds is 7. The molecule has 0 aliphatic heterocycles. The molecule has 0 heterocycles. The molecule has 0 bridgehead atoms. The Morgan fingerprint density at radius 2 is 1.62 bits per heavy atom. The largest absolute Gasteiger partial charge is 0.508 e. The Labute approximate surface area is 97.5 Å². The standard InChI is InChI=1S/C14H19NO/c1-3-10-15(11-4-2)12-9-13-5-7-14(16)8-6-13/h3-8,16H,1-2,9-12H2. The van der Waals surface area contributed by atoms with Crippen molar-refractivity contribution in [1.82, 2.24) is 4.90 Å². The van der Waals surface area contributed by atoms with E-state index < -0.39 is 0 Å². The van der Waals surface area contributed by atoms with Crippen molar-refractivity contribution in [2.24, 2.45) is 0 Å². The van der Waals surface area contributed by atoms with Crippen LogP contribution in [0.2, 0.25) is 0 Å². The van der Waals surface area contributed by atoms with E-state index in [4.69, 9.17) is 5.11 Å². The fourth-order valence-electron chi connectivity index (χ4n) is 1.57. The van der Waals surface area contributed by atoms with Crippen molar-refractivity contribution in [3.05, 3.63) is 55.1 Å². The van der Waals surface area contributed by atoms with E-state index in [9.17, 15) is 0 Å². The van der Waals surface area contributed by atoms with E-state index in [1.165, 1.54) is 5.56 Å². The Kier molecular flexibility index (Phi) is 5.37. The van der Waals surface area contributed by atoms with Crippen LogP contribution in [0.1, 0.15) is 5.56 Å². The van der Waals surface area contributed by atoms with Crippen molar-refractivity contribution < 1.29 is 5.11 Å². The molecule has 0 aromatic heterocycles. The fourth-order valence-corrected chi connectivity index (χ4v) is 1.57. The Hall–Kier alpha value is -1.54. The average molecular weight is 217 g/mol. The zero-order valence-electron chi connectivity index (χ0n) is 9.60. The summed E-state index contributed by atoms with van der Waals surface area (Å²) in [6.45, 7) is 10.2. The summed E-state index contributed by atoms with van der Waals surface area (Å²) in [5.74, 6) is 0.317. The lowest BCUT2D eigenvalue weighted by atomic mass is 10.1. The van der Waals surface area contributed by atoms with Crippen molar-refractivity contribution in [3.63, 3.8) is 0 Å². The first-order valence-electron chi connectivity index (χ1n) is 5.48. The van der Waals surface area contributed by atoms with Crippen LogP contribution in [0.3, 0.4) is 0 Å². The highest BCUT2D eigenvalue weighted by Gasteiger charge is 2.01. The van der Waals surface area contributed by atoms with Crippen molar-refractivity contribution >= 4 is 0 Å². The first-order chi connectivity index (χ1) is 7.76. The number of nitrogens with zero attached hydrogens (tertiary/aromatic N) is 1. The summed E-state index contributed by atoms with van der Waals surface area (Å²) in [6.07, 6.45) is 4.78. The molecule has 0 spiro atoms. The van der Waals surface area contributed by atoms with Crippen LogP contribution < -0.4 is 0 Å². The summed E-state index contributed by atoms with van der Waals surface area (Å²) in [4.78, 5) is 2.27. The van der Waals surface area contributed by atoms with Crippen molar-refractivity contribution in [1.29, 1.82) is 0 Å². The van der Waals surface area contributed by atoms with Crippen molar-refractivity contribution in [3.8, 4) is 5.75 Å². The van der Waals surface area contributed by atoms with Crippen LogP contribution in [0.25, 0.3) is 0 Å². The maximum atomic E-state index is 9.17. The smallest absolute Gasteiger partial charge is 0.115 e. The van der Waals surface area contributed by atoms with Gasteiger partial charge in [-0.3, -0.25) is 4.90 Å². The molecule has 1 aromatic rings. The number of hydrogen-bond donors (Lipinski definition) is 1. The minimum Gasteiger partial charge on any atom is -0.508 e. The molecule has 2 heteroatoms. The molecule has 0 unspecified atom stereocenters. The molecule has 0 saturated carbocycles. The Balaban J connectivity index is 2.44. The third-order valence-corrected chi connectivity index (χ3v) is 2.43. The number of benzene rings is 1. The minimum absolute atomic E-state index is 0.317. The zero-order valence-corrected chi connectivity index (χ0v) is 9.60. The monoisotopic (exact) mass is 217 g/mol. The quantitative estimate of drug-likeness (QED) is 0.710. The number of hydrogen-bond acceptors (Lipinski definition) is 2. The molecule has 1 aromatic carbocycles. The molecule has 0 fully saturated rings. The van der Waals surface area contributed by atoms with Crippen LogP contribution in [-0.4, -0.2) is 29.6 Å². The van der Waals surface area contributed by atoms with Crippen LogP contribution in [0.15, 0.2) is 49.6 Å². The van der Waals surface area contributed by atoms with Crippen LogP contribution >= 0.6 is 0 Å². The Morgan fingerprint density at radius 3 is 2.12 bits per heavy atom. The van der Waals surface area contributed by atoms with E-state index in [1.54, 1.807) is 12.1 Å². The number of aromatic hydroxyl groups is 1. The van der Waals surface area contributed by atoms with Crippen LogP contribution in [0, 0.1) is 0 Å². The lowest BCUT2D eigenvalue weighted by molar-refractivity contribution is 0.340. The summed E-state index contributed by atoms with van der Waals surface area (Å²) < 4.78 is 0. The second-order valence-corrected chi connectivity index (χ2v) is 3.75. The highest BCUT2D eigenvalue weighted by atomic mass is 16.3. The highest BCUT2D eigenvalue weighted by molar-refractivity contribution is 5.26. The van der Waals surface area contributed by atoms with Crippen molar-refractivity contribution in [2.45, 2.75) is 6.42 Å². The molecule has 0 saturated heterocycles. The van der Waals surface area contributed by atoms with E-state index >= 15 is 0 Å². The van der Waals surface area contributed by atoms with Gasteiger partial charge in [-0.05, 0) is 24.1 Å². The molecule has 0 aliphatic carbocycles. The highest BCUT2D eigenvalue weighted by Crippen LogP contribution is 2.10. The average Bonchev–Trinajstić information content (AvgIpc) is 2.29. The van der Waals surface area contributed by atoms with Crippen LogP contribution in [0.5, 0.6) is 5.75 Å². The van der Waals surface area contributed by atoms with Gasteiger partial charge >= 0.3 is 0 Å². The lowest BCUT2D eigenvalue weighted by Gasteiger charge is -2.18. The van der Waals surface area contributed by atoms with Gasteiger partial charge in [-0.15, -0.1) is 13.2 Å². The molecular weight excluding hydrogens is 198 g/mol. The predicted octanol–water partition coefficient (Wildman–Crippen LogP) is 2.61. The normalized spacial score (nSPS) is 10.3. The molecule has 1 rings (SSSR count). The molecule has 0 amide bonds. The number of phenolic OH excluding ortho intramolecular Hbond substituents is 1. The van der Waals surface area contributed by atoms with E-state index in [-0.39, 0.29) is 0 Å². The van der Waals surface area contributed by atoms with Gasteiger partial charge < -0.3 is 5.11 Å². The first kappa shape index (κ1) is 12.5. The Bertz CT molecular complexity index is 319. The molecule has 0 radical (unpaired) electrons. The second-order valence-electron chi connectivity index (χ2n) is 3.75. The summed E-state index contributed by atoms with van der Waals surface area (Å²) >= 11 is 0. The lowest BCUT2D eigenvalue weighted by Crippen LogP contribution is -2.26. The molecule has 0 atom stereocenters. The van der Waals surface area contributed by atoms with E-state index in [1.807, 2.05) is 24.3 Å². The van der Waals surface area contributed by atoms with Gasteiger partial charge in [0.25, 0.3) is 0 Å². The fraction of sp³-hybridized carbons (Fsp3) is 0.286. The molecule has 1 N–H and O–H groups in total. The van der Waals surface area contributed by atoms with E-state index in [2.05, 4.69) is 18.1 Å².